The van der Waals surface area contributed by atoms with Gasteiger partial charge in [-0.05, 0) is 12.1 Å². The number of amides is 1. The minimum Gasteiger partial charge on any atom is -0.383 e. The second kappa shape index (κ2) is 7.33. The van der Waals surface area contributed by atoms with Crippen molar-refractivity contribution in [2.24, 2.45) is 0 Å². The molecule has 1 aromatic carbocycles. The molecule has 0 spiro atoms. The fourth-order valence-electron chi connectivity index (χ4n) is 1.78. The number of fused-ring (bicyclic) bond motifs is 1. The van der Waals surface area contributed by atoms with Crippen molar-refractivity contribution in [2.45, 2.75) is 6.54 Å². The third kappa shape index (κ3) is 4.00. The van der Waals surface area contributed by atoms with Crippen molar-refractivity contribution < 1.29 is 9.53 Å². The second-order valence-corrected chi connectivity index (χ2v) is 5.61. The van der Waals surface area contributed by atoms with E-state index in [1.54, 1.807) is 30.4 Å². The minimum atomic E-state index is 0.0559. The first kappa shape index (κ1) is 14.9. The monoisotopic (exact) mass is 293 g/mol. The summed E-state index contributed by atoms with van der Waals surface area (Å²) in [5.74, 6) is 0.0559. The van der Waals surface area contributed by atoms with E-state index in [-0.39, 0.29) is 5.91 Å². The van der Waals surface area contributed by atoms with E-state index in [0.717, 1.165) is 15.2 Å². The molecule has 0 atom stereocenters. The third-order valence-electron chi connectivity index (χ3n) is 2.90. The Morgan fingerprint density at radius 1 is 1.45 bits per heavy atom. The normalized spacial score (nSPS) is 10.9. The molecule has 2 aromatic rings. The smallest absolute Gasteiger partial charge is 0.236 e. The van der Waals surface area contributed by atoms with Gasteiger partial charge < -0.3 is 15.0 Å². The maximum absolute atomic E-state index is 11.9. The number of carbonyl (C=O) groups excluding carboxylic acids is 1. The average molecular weight is 293 g/mol. The third-order valence-corrected chi connectivity index (χ3v) is 3.92. The molecule has 108 valence electrons. The van der Waals surface area contributed by atoms with Crippen molar-refractivity contribution in [2.75, 3.05) is 33.9 Å². The predicted molar refractivity (Wildman–Crippen MR) is 80.8 cm³/mol. The van der Waals surface area contributed by atoms with Gasteiger partial charge in [-0.15, -0.1) is 11.3 Å². The van der Waals surface area contributed by atoms with Gasteiger partial charge in [0.25, 0.3) is 0 Å². The van der Waals surface area contributed by atoms with E-state index in [1.165, 1.54) is 0 Å². The van der Waals surface area contributed by atoms with Crippen molar-refractivity contribution in [1.29, 1.82) is 0 Å². The molecule has 1 heterocycles. The number of nitrogens with one attached hydrogen (secondary N) is 1. The first-order chi connectivity index (χ1) is 9.70. The lowest BCUT2D eigenvalue weighted by Crippen LogP contribution is -2.36. The highest BCUT2D eigenvalue weighted by Gasteiger charge is 2.11. The topological polar surface area (TPSA) is 54.5 Å². The van der Waals surface area contributed by atoms with Crippen molar-refractivity contribution in [3.05, 3.63) is 29.3 Å². The maximum atomic E-state index is 11.9. The number of hydrogen-bond acceptors (Lipinski definition) is 5. The Labute approximate surface area is 122 Å². The molecule has 1 amide bonds. The summed E-state index contributed by atoms with van der Waals surface area (Å²) in [6.45, 7) is 2.15. The van der Waals surface area contributed by atoms with Crippen LogP contribution < -0.4 is 5.32 Å². The molecule has 0 bridgehead atoms. The SMILES string of the molecule is COCCNCC(=O)N(C)Cc1nc2ccccc2s1. The molecule has 0 saturated carbocycles. The van der Waals surface area contributed by atoms with Gasteiger partial charge in [0, 0.05) is 20.7 Å². The van der Waals surface area contributed by atoms with Gasteiger partial charge >= 0.3 is 0 Å². The number of rotatable bonds is 7. The van der Waals surface area contributed by atoms with Gasteiger partial charge in [0.15, 0.2) is 0 Å². The fourth-order valence-corrected chi connectivity index (χ4v) is 2.80. The van der Waals surface area contributed by atoms with Crippen molar-refractivity contribution in [1.82, 2.24) is 15.2 Å². The molecule has 20 heavy (non-hydrogen) atoms. The first-order valence-electron chi connectivity index (χ1n) is 6.49. The Bertz CT molecular complexity index is 537. The molecule has 1 aromatic heterocycles. The van der Waals surface area contributed by atoms with E-state index in [9.17, 15) is 4.79 Å². The number of aromatic nitrogens is 1. The Balaban J connectivity index is 1.86. The average Bonchev–Trinajstić information content (AvgIpc) is 2.85. The molecule has 0 saturated heterocycles. The summed E-state index contributed by atoms with van der Waals surface area (Å²) in [7, 11) is 3.44. The van der Waals surface area contributed by atoms with Crippen LogP contribution >= 0.6 is 11.3 Å². The molecular weight excluding hydrogens is 274 g/mol. The zero-order valence-electron chi connectivity index (χ0n) is 11.8. The van der Waals surface area contributed by atoms with Gasteiger partial charge in [0.2, 0.25) is 5.91 Å². The zero-order valence-corrected chi connectivity index (χ0v) is 12.6. The van der Waals surface area contributed by atoms with Crippen LogP contribution in [0.25, 0.3) is 10.2 Å². The van der Waals surface area contributed by atoms with Crippen molar-refractivity contribution in [3.63, 3.8) is 0 Å². The zero-order chi connectivity index (χ0) is 14.4. The minimum absolute atomic E-state index is 0.0559. The number of ether oxygens (including phenoxy) is 1. The van der Waals surface area contributed by atoms with Crippen LogP contribution in [0.4, 0.5) is 0 Å². The number of likely N-dealkylation sites (N-methyl/N-ethyl adjacent to an activating group) is 1. The Morgan fingerprint density at radius 3 is 3.00 bits per heavy atom. The lowest BCUT2D eigenvalue weighted by Gasteiger charge is -2.15. The lowest BCUT2D eigenvalue weighted by molar-refractivity contribution is -0.129. The van der Waals surface area contributed by atoms with Crippen molar-refractivity contribution in [3.8, 4) is 0 Å². The van der Waals surface area contributed by atoms with Crippen LogP contribution in [0.2, 0.25) is 0 Å². The van der Waals surface area contributed by atoms with Crippen molar-refractivity contribution >= 4 is 27.5 Å². The number of carbonyl (C=O) groups is 1. The van der Waals surface area contributed by atoms with Gasteiger partial charge in [-0.3, -0.25) is 4.79 Å². The van der Waals surface area contributed by atoms with Crippen LogP contribution in [0, 0.1) is 0 Å². The second-order valence-electron chi connectivity index (χ2n) is 4.49. The largest absolute Gasteiger partial charge is 0.383 e. The van der Waals surface area contributed by atoms with Crippen LogP contribution in [0.1, 0.15) is 5.01 Å². The highest BCUT2D eigenvalue weighted by molar-refractivity contribution is 7.18. The molecule has 1 N–H and O–H groups in total. The van der Waals surface area contributed by atoms with Gasteiger partial charge in [-0.25, -0.2) is 4.98 Å². The summed E-state index contributed by atoms with van der Waals surface area (Å²) < 4.78 is 6.07. The summed E-state index contributed by atoms with van der Waals surface area (Å²) in [5.41, 5.74) is 0.992. The number of thiazole rings is 1. The summed E-state index contributed by atoms with van der Waals surface area (Å²) in [6, 6.07) is 8.01. The number of nitrogens with zero attached hydrogens (tertiary/aromatic N) is 2. The molecule has 0 aliphatic carbocycles. The van der Waals surface area contributed by atoms with Crippen LogP contribution in [0.3, 0.4) is 0 Å². The Hall–Kier alpha value is -1.50. The highest BCUT2D eigenvalue weighted by Crippen LogP contribution is 2.22. The van der Waals surface area contributed by atoms with Gasteiger partial charge in [0.05, 0.1) is 29.9 Å². The fraction of sp³-hybridized carbons (Fsp3) is 0.429. The van der Waals surface area contributed by atoms with Crippen LogP contribution in [0.5, 0.6) is 0 Å². The number of hydrogen-bond donors (Lipinski definition) is 1. The summed E-state index contributed by atoms with van der Waals surface area (Å²) >= 11 is 1.63. The maximum Gasteiger partial charge on any atom is 0.236 e. The van der Waals surface area contributed by atoms with E-state index in [2.05, 4.69) is 10.3 Å². The molecular formula is C14H19N3O2S. The summed E-state index contributed by atoms with van der Waals surface area (Å²) in [5, 5.41) is 4.00. The lowest BCUT2D eigenvalue weighted by atomic mass is 10.3. The van der Waals surface area contributed by atoms with Gasteiger partial charge in [-0.1, -0.05) is 12.1 Å². The molecule has 2 rings (SSSR count). The van der Waals surface area contributed by atoms with E-state index >= 15 is 0 Å². The predicted octanol–water partition coefficient (Wildman–Crippen LogP) is 1.49. The number of benzene rings is 1. The van der Waals surface area contributed by atoms with Gasteiger partial charge in [0.1, 0.15) is 5.01 Å². The van der Waals surface area contributed by atoms with Crippen LogP contribution in [-0.2, 0) is 16.1 Å². The summed E-state index contributed by atoms with van der Waals surface area (Å²) in [4.78, 5) is 18.1. The first-order valence-corrected chi connectivity index (χ1v) is 7.30. The molecule has 5 nitrogen and oxygen atoms in total. The highest BCUT2D eigenvalue weighted by atomic mass is 32.1. The molecule has 0 aliphatic heterocycles. The quantitative estimate of drug-likeness (QED) is 0.786. The molecule has 0 unspecified atom stereocenters. The number of methoxy groups -OCH3 is 1. The molecule has 0 fully saturated rings. The Morgan fingerprint density at radius 2 is 2.25 bits per heavy atom. The van der Waals surface area contributed by atoms with Crippen LogP contribution in [-0.4, -0.2) is 49.6 Å². The number of para-hydroxylation sites is 1. The van der Waals surface area contributed by atoms with E-state index in [0.29, 0.717) is 26.2 Å². The van der Waals surface area contributed by atoms with Crippen LogP contribution in [0.15, 0.2) is 24.3 Å². The Kier molecular flexibility index (Phi) is 5.46. The van der Waals surface area contributed by atoms with E-state index in [1.807, 2.05) is 24.3 Å². The van der Waals surface area contributed by atoms with E-state index in [4.69, 9.17) is 4.74 Å². The summed E-state index contributed by atoms with van der Waals surface area (Å²) in [6.07, 6.45) is 0. The molecule has 0 aliphatic rings. The molecule has 0 radical (unpaired) electrons. The molecule has 6 heteroatoms. The standard InChI is InChI=1S/C14H19N3O2S/c1-17(14(18)9-15-7-8-19-2)10-13-16-11-5-3-4-6-12(11)20-13/h3-6,15H,7-10H2,1-2H3. The van der Waals surface area contributed by atoms with E-state index < -0.39 is 0 Å². The van der Waals surface area contributed by atoms with Gasteiger partial charge in [-0.2, -0.15) is 0 Å².